The third kappa shape index (κ3) is 5.64. The SMILES string of the molecule is CCN(C)c1ccc(C(=O)N2CCC(NC(=O)OC(C)(C)C)CC2)cc1. The Bertz CT molecular complexity index is 614. The maximum absolute atomic E-state index is 12.7. The van der Waals surface area contributed by atoms with E-state index in [0.717, 1.165) is 25.1 Å². The minimum atomic E-state index is -0.501. The van der Waals surface area contributed by atoms with Gasteiger partial charge in [0, 0.05) is 44.0 Å². The molecule has 1 aromatic rings. The van der Waals surface area contributed by atoms with E-state index in [9.17, 15) is 9.59 Å². The number of nitrogens with zero attached hydrogens (tertiary/aromatic N) is 2. The van der Waals surface area contributed by atoms with Gasteiger partial charge in [-0.1, -0.05) is 0 Å². The van der Waals surface area contributed by atoms with Gasteiger partial charge in [-0.25, -0.2) is 4.79 Å². The van der Waals surface area contributed by atoms with Crippen molar-refractivity contribution in [3.63, 3.8) is 0 Å². The van der Waals surface area contributed by atoms with Gasteiger partial charge in [-0.3, -0.25) is 4.79 Å². The highest BCUT2D eigenvalue weighted by molar-refractivity contribution is 5.94. The van der Waals surface area contributed by atoms with Gasteiger partial charge >= 0.3 is 6.09 Å². The lowest BCUT2D eigenvalue weighted by Gasteiger charge is -2.33. The summed E-state index contributed by atoms with van der Waals surface area (Å²) in [6.07, 6.45) is 1.08. The lowest BCUT2D eigenvalue weighted by Crippen LogP contribution is -2.47. The summed E-state index contributed by atoms with van der Waals surface area (Å²) < 4.78 is 5.29. The first-order valence-electron chi connectivity index (χ1n) is 9.29. The number of piperidine rings is 1. The Morgan fingerprint density at radius 3 is 2.27 bits per heavy atom. The third-order valence-corrected chi connectivity index (χ3v) is 4.53. The number of ether oxygens (including phenoxy) is 1. The highest BCUT2D eigenvalue weighted by Gasteiger charge is 2.26. The Kier molecular flexibility index (Phi) is 6.51. The second-order valence-electron chi connectivity index (χ2n) is 7.77. The molecule has 2 rings (SSSR count). The van der Waals surface area contributed by atoms with Crippen LogP contribution in [0.15, 0.2) is 24.3 Å². The quantitative estimate of drug-likeness (QED) is 0.894. The maximum atomic E-state index is 12.7. The molecule has 0 unspecified atom stereocenters. The molecular formula is C20H31N3O3. The van der Waals surface area contributed by atoms with Crippen molar-refractivity contribution in [3.8, 4) is 0 Å². The number of likely N-dealkylation sites (tertiary alicyclic amines) is 1. The van der Waals surface area contributed by atoms with Gasteiger partial charge in [0.15, 0.2) is 0 Å². The number of carbonyl (C=O) groups excluding carboxylic acids is 2. The first-order chi connectivity index (χ1) is 12.2. The van der Waals surface area contributed by atoms with E-state index in [-0.39, 0.29) is 11.9 Å². The molecule has 1 aromatic carbocycles. The summed E-state index contributed by atoms with van der Waals surface area (Å²) >= 11 is 0. The van der Waals surface area contributed by atoms with Crippen LogP contribution in [0, 0.1) is 0 Å². The van der Waals surface area contributed by atoms with E-state index in [1.54, 1.807) is 0 Å². The molecule has 144 valence electrons. The predicted octanol–water partition coefficient (Wildman–Crippen LogP) is 3.27. The number of amides is 2. The smallest absolute Gasteiger partial charge is 0.407 e. The van der Waals surface area contributed by atoms with E-state index in [1.165, 1.54) is 0 Å². The molecule has 6 heteroatoms. The fourth-order valence-corrected chi connectivity index (χ4v) is 2.92. The molecule has 0 spiro atoms. The van der Waals surface area contributed by atoms with Crippen LogP contribution in [0.3, 0.4) is 0 Å². The van der Waals surface area contributed by atoms with Gasteiger partial charge in [0.05, 0.1) is 0 Å². The summed E-state index contributed by atoms with van der Waals surface area (Å²) in [6, 6.07) is 7.78. The van der Waals surface area contributed by atoms with Crippen LogP contribution in [0.4, 0.5) is 10.5 Å². The summed E-state index contributed by atoms with van der Waals surface area (Å²) in [5.74, 6) is 0.0476. The van der Waals surface area contributed by atoms with Crippen LogP contribution in [0.25, 0.3) is 0 Å². The van der Waals surface area contributed by atoms with Gasteiger partial charge < -0.3 is 19.9 Å². The van der Waals surface area contributed by atoms with Gasteiger partial charge in [-0.15, -0.1) is 0 Å². The molecule has 2 amide bonds. The molecule has 1 N–H and O–H groups in total. The van der Waals surface area contributed by atoms with Crippen molar-refractivity contribution >= 4 is 17.7 Å². The van der Waals surface area contributed by atoms with E-state index in [0.29, 0.717) is 18.7 Å². The first-order valence-corrected chi connectivity index (χ1v) is 9.29. The van der Waals surface area contributed by atoms with E-state index < -0.39 is 11.7 Å². The topological polar surface area (TPSA) is 61.9 Å². The molecular weight excluding hydrogens is 330 g/mol. The largest absolute Gasteiger partial charge is 0.444 e. The number of anilines is 1. The van der Waals surface area contributed by atoms with Crippen molar-refractivity contribution in [2.45, 2.75) is 52.2 Å². The Morgan fingerprint density at radius 2 is 1.77 bits per heavy atom. The molecule has 1 saturated heterocycles. The molecule has 1 fully saturated rings. The molecule has 6 nitrogen and oxygen atoms in total. The van der Waals surface area contributed by atoms with Gasteiger partial charge in [-0.05, 0) is 64.8 Å². The normalized spacial score (nSPS) is 15.5. The van der Waals surface area contributed by atoms with Crippen molar-refractivity contribution in [2.24, 2.45) is 0 Å². The van der Waals surface area contributed by atoms with E-state index >= 15 is 0 Å². The monoisotopic (exact) mass is 361 g/mol. The Hall–Kier alpha value is -2.24. The number of benzene rings is 1. The molecule has 1 aliphatic rings. The van der Waals surface area contributed by atoms with Crippen molar-refractivity contribution < 1.29 is 14.3 Å². The zero-order valence-corrected chi connectivity index (χ0v) is 16.5. The van der Waals surface area contributed by atoms with Gasteiger partial charge in [0.2, 0.25) is 0 Å². The number of nitrogens with one attached hydrogen (secondary N) is 1. The molecule has 0 saturated carbocycles. The van der Waals surface area contributed by atoms with E-state index in [4.69, 9.17) is 4.74 Å². The van der Waals surface area contributed by atoms with E-state index in [2.05, 4.69) is 17.1 Å². The van der Waals surface area contributed by atoms with Crippen molar-refractivity contribution in [1.82, 2.24) is 10.2 Å². The Labute approximate surface area is 156 Å². The van der Waals surface area contributed by atoms with Gasteiger partial charge in [0.1, 0.15) is 5.60 Å². The van der Waals surface area contributed by atoms with Crippen molar-refractivity contribution in [3.05, 3.63) is 29.8 Å². The van der Waals surface area contributed by atoms with Gasteiger partial charge in [-0.2, -0.15) is 0 Å². The Morgan fingerprint density at radius 1 is 1.19 bits per heavy atom. The summed E-state index contributed by atoms with van der Waals surface area (Å²) in [6.45, 7) is 9.82. The number of alkyl carbamates (subject to hydrolysis) is 1. The molecule has 0 atom stereocenters. The zero-order valence-electron chi connectivity index (χ0n) is 16.5. The van der Waals surface area contributed by atoms with Crippen LogP contribution in [0.2, 0.25) is 0 Å². The maximum Gasteiger partial charge on any atom is 0.407 e. The van der Waals surface area contributed by atoms with Crippen LogP contribution in [0.5, 0.6) is 0 Å². The van der Waals surface area contributed by atoms with Crippen LogP contribution in [-0.2, 0) is 4.74 Å². The number of rotatable bonds is 4. The lowest BCUT2D eigenvalue weighted by molar-refractivity contribution is 0.0473. The average molecular weight is 361 g/mol. The molecule has 1 aliphatic heterocycles. The second kappa shape index (κ2) is 8.43. The zero-order chi connectivity index (χ0) is 19.3. The summed E-state index contributed by atoms with van der Waals surface area (Å²) in [7, 11) is 2.03. The number of carbonyl (C=O) groups is 2. The molecule has 0 aromatic heterocycles. The molecule has 0 bridgehead atoms. The van der Waals surface area contributed by atoms with Crippen molar-refractivity contribution in [1.29, 1.82) is 0 Å². The van der Waals surface area contributed by atoms with Crippen LogP contribution < -0.4 is 10.2 Å². The fourth-order valence-electron chi connectivity index (χ4n) is 2.92. The fraction of sp³-hybridized carbons (Fsp3) is 0.600. The highest BCUT2D eigenvalue weighted by Crippen LogP contribution is 2.18. The van der Waals surface area contributed by atoms with E-state index in [1.807, 2.05) is 57.0 Å². The molecule has 26 heavy (non-hydrogen) atoms. The van der Waals surface area contributed by atoms with Crippen LogP contribution in [-0.4, -0.2) is 55.2 Å². The standard InChI is InChI=1S/C20H31N3O3/c1-6-22(5)17-9-7-15(8-10-17)18(24)23-13-11-16(12-14-23)21-19(25)26-20(2,3)4/h7-10,16H,6,11-14H2,1-5H3,(H,21,25). The summed E-state index contributed by atoms with van der Waals surface area (Å²) in [5.41, 5.74) is 1.31. The molecule has 0 aliphatic carbocycles. The molecule has 1 heterocycles. The number of hydrogen-bond acceptors (Lipinski definition) is 4. The van der Waals surface area contributed by atoms with Crippen LogP contribution in [0.1, 0.15) is 50.9 Å². The third-order valence-electron chi connectivity index (χ3n) is 4.53. The second-order valence-corrected chi connectivity index (χ2v) is 7.77. The minimum absolute atomic E-state index is 0.0476. The molecule has 0 radical (unpaired) electrons. The highest BCUT2D eigenvalue weighted by atomic mass is 16.6. The average Bonchev–Trinajstić information content (AvgIpc) is 2.59. The first kappa shape index (κ1) is 20.1. The lowest BCUT2D eigenvalue weighted by atomic mass is 10.0. The predicted molar refractivity (Wildman–Crippen MR) is 104 cm³/mol. The van der Waals surface area contributed by atoms with Gasteiger partial charge in [0.25, 0.3) is 5.91 Å². The number of hydrogen-bond donors (Lipinski definition) is 1. The van der Waals surface area contributed by atoms with Crippen LogP contribution >= 0.6 is 0 Å². The van der Waals surface area contributed by atoms with Crippen molar-refractivity contribution in [2.75, 3.05) is 31.6 Å². The summed E-state index contributed by atoms with van der Waals surface area (Å²) in [5, 5.41) is 2.90. The summed E-state index contributed by atoms with van der Waals surface area (Å²) in [4.78, 5) is 28.5. The minimum Gasteiger partial charge on any atom is -0.444 e. The Balaban J connectivity index is 1.85.